The molecule has 2 unspecified atom stereocenters. The minimum atomic E-state index is -0.429. The highest BCUT2D eigenvalue weighted by Crippen LogP contribution is 2.33. The van der Waals surface area contributed by atoms with Crippen LogP contribution in [0.5, 0.6) is 0 Å². The van der Waals surface area contributed by atoms with E-state index in [1.165, 1.54) is 0 Å². The summed E-state index contributed by atoms with van der Waals surface area (Å²) in [5.74, 6) is 0.469. The molecule has 1 aromatic heterocycles. The van der Waals surface area contributed by atoms with E-state index in [9.17, 15) is 10.1 Å². The lowest BCUT2D eigenvalue weighted by molar-refractivity contribution is -0.119. The van der Waals surface area contributed by atoms with Gasteiger partial charge in [-0.15, -0.1) is 0 Å². The summed E-state index contributed by atoms with van der Waals surface area (Å²) in [6.07, 6.45) is 7.90. The third-order valence-electron chi connectivity index (χ3n) is 4.97. The number of ether oxygens (including phenoxy) is 1. The summed E-state index contributed by atoms with van der Waals surface area (Å²) in [6, 6.07) is -0.313. The highest BCUT2D eigenvalue weighted by Gasteiger charge is 2.39. The Balaban J connectivity index is 1.60. The Hall–Kier alpha value is -2.40. The number of amides is 1. The molecule has 1 aromatic rings. The Labute approximate surface area is 160 Å². The van der Waals surface area contributed by atoms with Crippen LogP contribution in [0.1, 0.15) is 40.0 Å². The van der Waals surface area contributed by atoms with E-state index in [0.717, 1.165) is 25.9 Å². The van der Waals surface area contributed by atoms with Crippen molar-refractivity contribution < 1.29 is 9.53 Å². The van der Waals surface area contributed by atoms with Crippen molar-refractivity contribution in [2.24, 2.45) is 5.41 Å². The summed E-state index contributed by atoms with van der Waals surface area (Å²) >= 11 is 0. The van der Waals surface area contributed by atoms with Gasteiger partial charge in [0.15, 0.2) is 6.19 Å². The maximum Gasteiger partial charge on any atom is 0.247 e. The fourth-order valence-corrected chi connectivity index (χ4v) is 3.74. The number of nitrogens with one attached hydrogen (secondary N) is 1. The van der Waals surface area contributed by atoms with Gasteiger partial charge in [-0.3, -0.25) is 9.69 Å². The minimum Gasteiger partial charge on any atom is -0.378 e. The number of hydrogen-bond acceptors (Lipinski definition) is 7. The molecular weight excluding hydrogens is 344 g/mol. The van der Waals surface area contributed by atoms with E-state index in [0.29, 0.717) is 31.3 Å². The molecule has 27 heavy (non-hydrogen) atoms. The van der Waals surface area contributed by atoms with Gasteiger partial charge in [-0.1, -0.05) is 20.8 Å². The summed E-state index contributed by atoms with van der Waals surface area (Å²) in [4.78, 5) is 25.1. The predicted octanol–water partition coefficient (Wildman–Crippen LogP) is 2.00. The first-order chi connectivity index (χ1) is 12.9. The average molecular weight is 372 g/mol. The van der Waals surface area contributed by atoms with Crippen molar-refractivity contribution in [1.29, 1.82) is 5.26 Å². The summed E-state index contributed by atoms with van der Waals surface area (Å²) < 4.78 is 5.33. The molecule has 146 valence electrons. The highest BCUT2D eigenvalue weighted by molar-refractivity contribution is 5.95. The topological polar surface area (TPSA) is 94.4 Å². The average Bonchev–Trinajstić information content (AvgIpc) is 3.04. The summed E-state index contributed by atoms with van der Waals surface area (Å²) in [5, 5.41) is 12.4. The predicted molar refractivity (Wildman–Crippen MR) is 102 cm³/mol. The van der Waals surface area contributed by atoms with E-state index in [-0.39, 0.29) is 17.4 Å². The largest absolute Gasteiger partial charge is 0.378 e. The number of likely N-dealkylation sites (tertiary alicyclic amines) is 1. The maximum absolute atomic E-state index is 12.7. The number of nitriles is 1. The molecule has 2 atom stereocenters. The molecule has 2 saturated heterocycles. The molecule has 0 radical (unpaired) electrons. The van der Waals surface area contributed by atoms with Gasteiger partial charge < -0.3 is 15.0 Å². The molecule has 1 N–H and O–H groups in total. The fraction of sp³-hybridized carbons (Fsp3) is 0.684. The van der Waals surface area contributed by atoms with Gasteiger partial charge in [-0.25, -0.2) is 9.97 Å². The maximum atomic E-state index is 12.7. The van der Waals surface area contributed by atoms with Crippen molar-refractivity contribution in [3.05, 3.63) is 12.4 Å². The van der Waals surface area contributed by atoms with Gasteiger partial charge >= 0.3 is 0 Å². The van der Waals surface area contributed by atoms with Crippen molar-refractivity contribution in [3.8, 4) is 6.19 Å². The zero-order chi connectivity index (χ0) is 19.4. The summed E-state index contributed by atoms with van der Waals surface area (Å²) in [6.45, 7) is 9.34. The molecule has 2 fully saturated rings. The number of nitrogens with zero attached hydrogens (tertiary/aromatic N) is 5. The first-order valence-electron chi connectivity index (χ1n) is 9.51. The Bertz CT molecular complexity index is 688. The van der Waals surface area contributed by atoms with Crippen LogP contribution in [-0.4, -0.2) is 59.2 Å². The van der Waals surface area contributed by atoms with Crippen molar-refractivity contribution in [2.45, 2.75) is 52.1 Å². The van der Waals surface area contributed by atoms with E-state index in [4.69, 9.17) is 4.74 Å². The first kappa shape index (κ1) is 19.4. The quantitative estimate of drug-likeness (QED) is 0.808. The van der Waals surface area contributed by atoms with E-state index in [1.807, 2.05) is 0 Å². The third kappa shape index (κ3) is 4.86. The van der Waals surface area contributed by atoms with Crippen molar-refractivity contribution in [1.82, 2.24) is 14.9 Å². The lowest BCUT2D eigenvalue weighted by atomic mass is 9.87. The number of rotatable bonds is 4. The monoisotopic (exact) mass is 372 g/mol. The summed E-state index contributed by atoms with van der Waals surface area (Å²) in [5.41, 5.74) is 0.669. The van der Waals surface area contributed by atoms with Crippen LogP contribution in [0.15, 0.2) is 12.4 Å². The van der Waals surface area contributed by atoms with Crippen molar-refractivity contribution in [3.63, 3.8) is 0 Å². The smallest absolute Gasteiger partial charge is 0.247 e. The van der Waals surface area contributed by atoms with Gasteiger partial charge in [0.1, 0.15) is 6.04 Å². The molecule has 0 saturated carbocycles. The normalized spacial score (nSPS) is 23.2. The molecule has 3 rings (SSSR count). The van der Waals surface area contributed by atoms with Crippen molar-refractivity contribution in [2.75, 3.05) is 36.5 Å². The standard InChI is InChI=1S/C19H28N6O2/c1-19(2,3)10-15-4-5-16(25(15)13-20)17(26)23-14-11-21-18(22-12-14)24-6-8-27-9-7-24/h11-12,15-16H,4-10H2,1-3H3,(H,23,26). The van der Waals surface area contributed by atoms with Crippen LogP contribution < -0.4 is 10.2 Å². The molecule has 2 aliphatic rings. The SMILES string of the molecule is CC(C)(C)CC1CCC(C(=O)Nc2cnc(N3CCOCC3)nc2)N1C#N. The second kappa shape index (κ2) is 8.09. The molecule has 0 aromatic carbocycles. The van der Waals surface area contributed by atoms with Gasteiger partial charge in [0.05, 0.1) is 31.3 Å². The lowest BCUT2D eigenvalue weighted by Gasteiger charge is -2.29. The van der Waals surface area contributed by atoms with Gasteiger partial charge in [0.2, 0.25) is 11.9 Å². The van der Waals surface area contributed by atoms with E-state index >= 15 is 0 Å². The molecule has 8 nitrogen and oxygen atoms in total. The molecule has 0 spiro atoms. The van der Waals surface area contributed by atoms with Gasteiger partial charge in [0.25, 0.3) is 0 Å². The van der Waals surface area contributed by atoms with Gasteiger partial charge in [-0.2, -0.15) is 5.26 Å². The van der Waals surface area contributed by atoms with E-state index in [1.54, 1.807) is 17.3 Å². The van der Waals surface area contributed by atoms with Crippen LogP contribution in [0.2, 0.25) is 0 Å². The van der Waals surface area contributed by atoms with Crippen LogP contribution in [0.25, 0.3) is 0 Å². The Morgan fingerprint density at radius 1 is 1.30 bits per heavy atom. The minimum absolute atomic E-state index is 0.116. The van der Waals surface area contributed by atoms with Crippen LogP contribution >= 0.6 is 0 Å². The molecule has 2 aliphatic heterocycles. The molecular formula is C19H28N6O2. The summed E-state index contributed by atoms with van der Waals surface area (Å²) in [7, 11) is 0. The Kier molecular flexibility index (Phi) is 5.80. The van der Waals surface area contributed by atoms with Crippen LogP contribution in [-0.2, 0) is 9.53 Å². The molecule has 8 heteroatoms. The van der Waals surface area contributed by atoms with Crippen LogP contribution in [0.3, 0.4) is 0 Å². The molecule has 0 aliphatic carbocycles. The zero-order valence-corrected chi connectivity index (χ0v) is 16.3. The number of anilines is 2. The van der Waals surface area contributed by atoms with Crippen molar-refractivity contribution >= 4 is 17.5 Å². The number of aromatic nitrogens is 2. The van der Waals surface area contributed by atoms with Gasteiger partial charge in [0, 0.05) is 19.1 Å². The zero-order valence-electron chi connectivity index (χ0n) is 16.3. The third-order valence-corrected chi connectivity index (χ3v) is 4.97. The lowest BCUT2D eigenvalue weighted by Crippen LogP contribution is -2.41. The number of carbonyl (C=O) groups excluding carboxylic acids is 1. The fourth-order valence-electron chi connectivity index (χ4n) is 3.74. The Morgan fingerprint density at radius 3 is 2.56 bits per heavy atom. The Morgan fingerprint density at radius 2 is 1.96 bits per heavy atom. The van der Waals surface area contributed by atoms with Crippen LogP contribution in [0.4, 0.5) is 11.6 Å². The first-order valence-corrected chi connectivity index (χ1v) is 9.51. The number of hydrogen-bond donors (Lipinski definition) is 1. The van der Waals surface area contributed by atoms with Crippen LogP contribution in [0, 0.1) is 16.9 Å². The van der Waals surface area contributed by atoms with E-state index < -0.39 is 6.04 Å². The highest BCUT2D eigenvalue weighted by atomic mass is 16.5. The van der Waals surface area contributed by atoms with Gasteiger partial charge in [-0.05, 0) is 24.7 Å². The number of carbonyl (C=O) groups is 1. The van der Waals surface area contributed by atoms with E-state index in [2.05, 4.69) is 47.1 Å². The molecule has 3 heterocycles. The molecule has 1 amide bonds. The number of morpholine rings is 1. The second-order valence-electron chi connectivity index (χ2n) is 8.38. The molecule has 0 bridgehead atoms. The second-order valence-corrected chi connectivity index (χ2v) is 8.38.